The predicted octanol–water partition coefficient (Wildman–Crippen LogP) is 3.06. The average Bonchev–Trinajstić information content (AvgIpc) is 2.37. The van der Waals surface area contributed by atoms with E-state index in [0.29, 0.717) is 10.8 Å². The van der Waals surface area contributed by atoms with Crippen LogP contribution < -0.4 is 4.74 Å². The van der Waals surface area contributed by atoms with E-state index < -0.39 is 6.10 Å². The molecule has 0 aromatic heterocycles. The van der Waals surface area contributed by atoms with Gasteiger partial charge in [0.2, 0.25) is 0 Å². The first-order valence-electron chi connectivity index (χ1n) is 5.01. The van der Waals surface area contributed by atoms with Gasteiger partial charge in [0.1, 0.15) is 5.75 Å². The second kappa shape index (κ2) is 3.39. The summed E-state index contributed by atoms with van der Waals surface area (Å²) in [5, 5.41) is 10.6. The van der Waals surface area contributed by atoms with Crippen LogP contribution in [-0.2, 0) is 5.41 Å². The fourth-order valence-corrected chi connectivity index (χ4v) is 2.86. The molecule has 1 atom stereocenters. The number of fused-ring (bicyclic) bond motifs is 1. The van der Waals surface area contributed by atoms with Crippen molar-refractivity contribution in [2.24, 2.45) is 0 Å². The lowest BCUT2D eigenvalue weighted by molar-refractivity contribution is 0.161. The van der Waals surface area contributed by atoms with Crippen molar-refractivity contribution < 1.29 is 9.84 Å². The number of ether oxygens (including phenoxy) is 1. The third-order valence-corrected chi connectivity index (χ3v) is 3.37. The van der Waals surface area contributed by atoms with Crippen molar-refractivity contribution in [1.29, 1.82) is 0 Å². The van der Waals surface area contributed by atoms with Crippen LogP contribution in [0.2, 0.25) is 5.02 Å². The van der Waals surface area contributed by atoms with Crippen LogP contribution in [0.3, 0.4) is 0 Å². The molecular weight excluding hydrogens is 212 g/mol. The largest absolute Gasteiger partial charge is 0.497 e. The quantitative estimate of drug-likeness (QED) is 0.798. The van der Waals surface area contributed by atoms with Gasteiger partial charge in [-0.1, -0.05) is 25.4 Å². The van der Waals surface area contributed by atoms with Crippen LogP contribution in [0, 0.1) is 0 Å². The number of halogens is 1. The summed E-state index contributed by atoms with van der Waals surface area (Å²) < 4.78 is 5.14. The lowest BCUT2D eigenvalue weighted by Gasteiger charge is -2.20. The van der Waals surface area contributed by atoms with E-state index in [9.17, 15) is 5.11 Å². The maximum absolute atomic E-state index is 9.95. The molecule has 0 heterocycles. The number of hydrogen-bond acceptors (Lipinski definition) is 2. The second-order valence-corrected chi connectivity index (χ2v) is 5.08. The van der Waals surface area contributed by atoms with Crippen LogP contribution in [-0.4, -0.2) is 12.2 Å². The molecule has 2 nitrogen and oxygen atoms in total. The van der Waals surface area contributed by atoms with Gasteiger partial charge in [0.25, 0.3) is 0 Å². The molecule has 1 aliphatic rings. The van der Waals surface area contributed by atoms with E-state index in [1.165, 1.54) is 0 Å². The number of aliphatic hydroxyl groups is 1. The second-order valence-electron chi connectivity index (χ2n) is 4.68. The van der Waals surface area contributed by atoms with Crippen molar-refractivity contribution in [3.05, 3.63) is 28.3 Å². The molecule has 0 spiro atoms. The van der Waals surface area contributed by atoms with Gasteiger partial charge in [-0.3, -0.25) is 0 Å². The molecular formula is C12H15ClO2. The molecule has 1 aromatic carbocycles. The molecule has 1 aromatic rings. The van der Waals surface area contributed by atoms with Gasteiger partial charge in [0.15, 0.2) is 0 Å². The summed E-state index contributed by atoms with van der Waals surface area (Å²) in [4.78, 5) is 0. The maximum Gasteiger partial charge on any atom is 0.120 e. The highest BCUT2D eigenvalue weighted by atomic mass is 35.5. The van der Waals surface area contributed by atoms with Gasteiger partial charge < -0.3 is 9.84 Å². The molecule has 15 heavy (non-hydrogen) atoms. The highest BCUT2D eigenvalue weighted by Gasteiger charge is 2.38. The maximum atomic E-state index is 9.95. The predicted molar refractivity (Wildman–Crippen MR) is 60.6 cm³/mol. The van der Waals surface area contributed by atoms with Crippen LogP contribution >= 0.6 is 11.6 Å². The summed E-state index contributed by atoms with van der Waals surface area (Å²) >= 11 is 6.21. The minimum Gasteiger partial charge on any atom is -0.497 e. The topological polar surface area (TPSA) is 29.5 Å². The number of aliphatic hydroxyl groups excluding tert-OH is 1. The first-order chi connectivity index (χ1) is 6.95. The molecule has 2 rings (SSSR count). The third kappa shape index (κ3) is 1.62. The average molecular weight is 227 g/mol. The van der Waals surface area contributed by atoms with Gasteiger partial charge in [0, 0.05) is 5.02 Å². The van der Waals surface area contributed by atoms with Crippen molar-refractivity contribution in [3.8, 4) is 5.75 Å². The Labute approximate surface area is 94.8 Å². The third-order valence-electron chi connectivity index (χ3n) is 3.07. The Morgan fingerprint density at radius 1 is 1.47 bits per heavy atom. The molecule has 0 saturated heterocycles. The van der Waals surface area contributed by atoms with Crippen molar-refractivity contribution in [1.82, 2.24) is 0 Å². The summed E-state index contributed by atoms with van der Waals surface area (Å²) in [5.74, 6) is 0.704. The van der Waals surface area contributed by atoms with Crippen LogP contribution in [0.5, 0.6) is 5.75 Å². The Balaban J connectivity index is 2.63. The zero-order valence-electron chi connectivity index (χ0n) is 9.17. The van der Waals surface area contributed by atoms with Crippen LogP contribution in [0.4, 0.5) is 0 Å². The SMILES string of the molecule is COc1cc(Cl)c2c(c1)[C@H](O)CC2(C)C. The highest BCUT2D eigenvalue weighted by Crippen LogP contribution is 2.48. The Morgan fingerprint density at radius 2 is 2.13 bits per heavy atom. The minimum atomic E-state index is -0.428. The summed E-state index contributed by atoms with van der Waals surface area (Å²) in [6.07, 6.45) is 0.289. The molecule has 0 amide bonds. The van der Waals surface area contributed by atoms with Crippen LogP contribution in [0.15, 0.2) is 12.1 Å². The van der Waals surface area contributed by atoms with E-state index in [-0.39, 0.29) is 5.41 Å². The van der Waals surface area contributed by atoms with Gasteiger partial charge in [0.05, 0.1) is 13.2 Å². The molecule has 82 valence electrons. The first kappa shape index (κ1) is 10.8. The first-order valence-corrected chi connectivity index (χ1v) is 5.39. The Hall–Kier alpha value is -0.730. The summed E-state index contributed by atoms with van der Waals surface area (Å²) in [7, 11) is 1.60. The van der Waals surface area contributed by atoms with E-state index >= 15 is 0 Å². The Morgan fingerprint density at radius 3 is 2.73 bits per heavy atom. The summed E-state index contributed by atoms with van der Waals surface area (Å²) in [5.41, 5.74) is 1.90. The molecule has 1 aliphatic carbocycles. The summed E-state index contributed by atoms with van der Waals surface area (Å²) in [6.45, 7) is 4.20. The number of methoxy groups -OCH3 is 1. The van der Waals surface area contributed by atoms with E-state index in [2.05, 4.69) is 13.8 Å². The highest BCUT2D eigenvalue weighted by molar-refractivity contribution is 6.31. The summed E-state index contributed by atoms with van der Waals surface area (Å²) in [6, 6.07) is 3.68. The lowest BCUT2D eigenvalue weighted by atomic mass is 9.86. The normalized spacial score (nSPS) is 22.6. The van der Waals surface area contributed by atoms with E-state index in [0.717, 1.165) is 17.5 Å². The fourth-order valence-electron chi connectivity index (χ4n) is 2.39. The minimum absolute atomic E-state index is 0.0574. The Kier molecular flexibility index (Phi) is 2.44. The molecule has 0 bridgehead atoms. The zero-order valence-corrected chi connectivity index (χ0v) is 9.93. The monoisotopic (exact) mass is 226 g/mol. The van der Waals surface area contributed by atoms with Gasteiger partial charge >= 0.3 is 0 Å². The van der Waals surface area contributed by atoms with Gasteiger partial charge in [-0.15, -0.1) is 0 Å². The lowest BCUT2D eigenvalue weighted by Crippen LogP contribution is -2.12. The van der Waals surface area contributed by atoms with Gasteiger partial charge in [-0.2, -0.15) is 0 Å². The van der Waals surface area contributed by atoms with Crippen LogP contribution in [0.25, 0.3) is 0 Å². The Bertz CT molecular complexity index is 399. The van der Waals surface area contributed by atoms with Crippen molar-refractivity contribution in [2.75, 3.05) is 7.11 Å². The van der Waals surface area contributed by atoms with E-state index in [1.807, 2.05) is 6.07 Å². The van der Waals surface area contributed by atoms with Gasteiger partial charge in [-0.25, -0.2) is 0 Å². The molecule has 3 heteroatoms. The molecule has 0 saturated carbocycles. The molecule has 0 fully saturated rings. The van der Waals surface area contributed by atoms with E-state index in [4.69, 9.17) is 16.3 Å². The number of rotatable bonds is 1. The molecule has 0 radical (unpaired) electrons. The smallest absolute Gasteiger partial charge is 0.120 e. The van der Waals surface area contributed by atoms with E-state index in [1.54, 1.807) is 13.2 Å². The standard InChI is InChI=1S/C12H15ClO2/c1-12(2)6-10(14)8-4-7(15-3)5-9(13)11(8)12/h4-5,10,14H,6H2,1-3H3/t10-/m1/s1. The number of hydrogen-bond donors (Lipinski definition) is 1. The van der Waals surface area contributed by atoms with Crippen molar-refractivity contribution in [3.63, 3.8) is 0 Å². The van der Waals surface area contributed by atoms with Crippen molar-refractivity contribution in [2.45, 2.75) is 31.8 Å². The fraction of sp³-hybridized carbons (Fsp3) is 0.500. The van der Waals surface area contributed by atoms with Gasteiger partial charge in [-0.05, 0) is 35.1 Å². The zero-order chi connectivity index (χ0) is 11.2. The molecule has 0 aliphatic heterocycles. The van der Waals surface area contributed by atoms with Crippen molar-refractivity contribution >= 4 is 11.6 Å². The molecule has 1 N–H and O–H groups in total. The molecule has 0 unspecified atom stereocenters. The number of benzene rings is 1. The van der Waals surface area contributed by atoms with Crippen LogP contribution in [0.1, 0.15) is 37.5 Å².